The monoisotopic (exact) mass is 335 g/mol. The number of hydrogen-bond donors (Lipinski definition) is 2. The molecule has 1 aromatic carbocycles. The fraction of sp³-hybridized carbons (Fsp3) is 0.400. The van der Waals surface area contributed by atoms with Crippen LogP contribution in [0.15, 0.2) is 34.9 Å². The molecule has 0 saturated carbocycles. The highest BCUT2D eigenvalue weighted by atomic mass is 79.9. The number of hydrogen-bond acceptors (Lipinski definition) is 3. The molecule has 3 rings (SSSR count). The van der Waals surface area contributed by atoms with Gasteiger partial charge in [0.15, 0.2) is 0 Å². The molecule has 106 valence electrons. The van der Waals surface area contributed by atoms with E-state index in [0.717, 1.165) is 47.7 Å². The van der Waals surface area contributed by atoms with Crippen molar-refractivity contribution >= 4 is 15.9 Å². The quantitative estimate of drug-likeness (QED) is 0.882. The lowest BCUT2D eigenvalue weighted by Gasteiger charge is -2.09. The highest BCUT2D eigenvalue weighted by Gasteiger charge is 2.14. The number of halogens is 1. The number of aromatic nitrogens is 2. The Balaban J connectivity index is 1.56. The molecule has 0 spiro atoms. The lowest BCUT2D eigenvalue weighted by atomic mass is 10.2. The third kappa shape index (κ3) is 3.48. The Hall–Kier alpha value is -1.17. The van der Waals surface area contributed by atoms with Gasteiger partial charge in [-0.25, -0.2) is 4.98 Å². The van der Waals surface area contributed by atoms with E-state index in [9.17, 15) is 0 Å². The second-order valence-corrected chi connectivity index (χ2v) is 5.94. The van der Waals surface area contributed by atoms with Gasteiger partial charge in [-0.05, 0) is 25.0 Å². The molecular weight excluding hydrogens is 318 g/mol. The van der Waals surface area contributed by atoms with E-state index in [2.05, 4.69) is 43.3 Å². The average Bonchev–Trinajstić information content (AvgIpc) is 3.10. The van der Waals surface area contributed by atoms with E-state index >= 15 is 0 Å². The molecule has 0 amide bonds. The standard InChI is InChI=1S/C15H18BrN3O/c16-12-4-1-3-11(7-12)14-9-18-15(19-14)10-17-8-13-5-2-6-20-13/h1,3-4,7,9,13,17H,2,5-6,8,10H2,(H,18,19). The Morgan fingerprint density at radius 1 is 1.45 bits per heavy atom. The summed E-state index contributed by atoms with van der Waals surface area (Å²) in [6.07, 6.45) is 4.59. The van der Waals surface area contributed by atoms with Gasteiger partial charge in [0.25, 0.3) is 0 Å². The Morgan fingerprint density at radius 3 is 3.20 bits per heavy atom. The average molecular weight is 336 g/mol. The molecule has 1 saturated heterocycles. The first-order valence-electron chi connectivity index (χ1n) is 6.93. The molecule has 1 unspecified atom stereocenters. The molecule has 0 aliphatic carbocycles. The van der Waals surface area contributed by atoms with E-state index in [1.54, 1.807) is 0 Å². The van der Waals surface area contributed by atoms with Crippen LogP contribution in [0.3, 0.4) is 0 Å². The molecule has 5 heteroatoms. The van der Waals surface area contributed by atoms with Crippen LogP contribution in [-0.4, -0.2) is 29.2 Å². The van der Waals surface area contributed by atoms with Gasteiger partial charge in [-0.15, -0.1) is 0 Å². The van der Waals surface area contributed by atoms with Gasteiger partial charge in [0.1, 0.15) is 5.82 Å². The number of nitrogens with zero attached hydrogens (tertiary/aromatic N) is 1. The predicted octanol–water partition coefficient (Wildman–Crippen LogP) is 3.11. The Kier molecular flexibility index (Phi) is 4.50. The van der Waals surface area contributed by atoms with Crippen molar-refractivity contribution in [1.29, 1.82) is 0 Å². The summed E-state index contributed by atoms with van der Waals surface area (Å²) >= 11 is 3.49. The summed E-state index contributed by atoms with van der Waals surface area (Å²) in [5.41, 5.74) is 2.18. The van der Waals surface area contributed by atoms with Crippen LogP contribution in [0.1, 0.15) is 18.7 Å². The highest BCUT2D eigenvalue weighted by Crippen LogP contribution is 2.21. The molecule has 2 heterocycles. The molecule has 1 aliphatic heterocycles. The zero-order valence-electron chi connectivity index (χ0n) is 11.2. The summed E-state index contributed by atoms with van der Waals surface area (Å²) in [4.78, 5) is 7.76. The number of benzene rings is 1. The maximum absolute atomic E-state index is 5.58. The molecule has 2 N–H and O–H groups in total. The first-order valence-corrected chi connectivity index (χ1v) is 7.73. The minimum Gasteiger partial charge on any atom is -0.377 e. The van der Waals surface area contributed by atoms with Gasteiger partial charge in [0.2, 0.25) is 0 Å². The number of aromatic amines is 1. The van der Waals surface area contributed by atoms with Crippen molar-refractivity contribution in [2.24, 2.45) is 0 Å². The minimum atomic E-state index is 0.370. The zero-order chi connectivity index (χ0) is 13.8. The normalized spacial score (nSPS) is 18.6. The summed E-state index contributed by atoms with van der Waals surface area (Å²) in [7, 11) is 0. The van der Waals surface area contributed by atoms with E-state index < -0.39 is 0 Å². The third-order valence-electron chi connectivity index (χ3n) is 3.45. The fourth-order valence-corrected chi connectivity index (χ4v) is 2.81. The lowest BCUT2D eigenvalue weighted by molar-refractivity contribution is 0.110. The zero-order valence-corrected chi connectivity index (χ0v) is 12.8. The number of ether oxygens (including phenoxy) is 1. The highest BCUT2D eigenvalue weighted by molar-refractivity contribution is 9.10. The van der Waals surface area contributed by atoms with Crippen molar-refractivity contribution in [2.45, 2.75) is 25.5 Å². The first-order chi connectivity index (χ1) is 9.81. The number of imidazole rings is 1. The molecule has 1 aliphatic rings. The van der Waals surface area contributed by atoms with Gasteiger partial charge in [-0.2, -0.15) is 0 Å². The Labute approximate surface area is 127 Å². The maximum Gasteiger partial charge on any atom is 0.120 e. The molecule has 1 aromatic heterocycles. The minimum absolute atomic E-state index is 0.370. The molecule has 2 aromatic rings. The van der Waals surface area contributed by atoms with Crippen molar-refractivity contribution in [3.63, 3.8) is 0 Å². The van der Waals surface area contributed by atoms with Crippen LogP contribution in [-0.2, 0) is 11.3 Å². The second kappa shape index (κ2) is 6.52. The van der Waals surface area contributed by atoms with E-state index in [4.69, 9.17) is 4.74 Å². The summed E-state index contributed by atoms with van der Waals surface area (Å²) < 4.78 is 6.65. The van der Waals surface area contributed by atoms with Crippen molar-refractivity contribution < 1.29 is 4.74 Å². The van der Waals surface area contributed by atoms with Crippen LogP contribution in [0.25, 0.3) is 11.3 Å². The fourth-order valence-electron chi connectivity index (χ4n) is 2.41. The maximum atomic E-state index is 5.58. The SMILES string of the molecule is Brc1cccc(-c2cnc(CNCC3CCCO3)[nH]2)c1. The summed E-state index contributed by atoms with van der Waals surface area (Å²) in [5, 5.41) is 3.39. The van der Waals surface area contributed by atoms with Crippen molar-refractivity contribution in [2.75, 3.05) is 13.2 Å². The second-order valence-electron chi connectivity index (χ2n) is 5.02. The van der Waals surface area contributed by atoms with Gasteiger partial charge in [0.05, 0.1) is 24.5 Å². The molecule has 4 nitrogen and oxygen atoms in total. The lowest BCUT2D eigenvalue weighted by Crippen LogP contribution is -2.26. The van der Waals surface area contributed by atoms with Gasteiger partial charge >= 0.3 is 0 Å². The van der Waals surface area contributed by atoms with Crippen LogP contribution >= 0.6 is 15.9 Å². The third-order valence-corrected chi connectivity index (χ3v) is 3.95. The van der Waals surface area contributed by atoms with Crippen LogP contribution < -0.4 is 5.32 Å². The van der Waals surface area contributed by atoms with E-state index in [0.29, 0.717) is 6.10 Å². The molecule has 1 atom stereocenters. The van der Waals surface area contributed by atoms with Gasteiger partial charge < -0.3 is 15.0 Å². The van der Waals surface area contributed by atoms with Crippen LogP contribution in [0.2, 0.25) is 0 Å². The Bertz CT molecular complexity index is 564. The van der Waals surface area contributed by atoms with Crippen molar-refractivity contribution in [3.8, 4) is 11.3 Å². The Morgan fingerprint density at radius 2 is 2.40 bits per heavy atom. The van der Waals surface area contributed by atoms with E-state index in [-0.39, 0.29) is 0 Å². The van der Waals surface area contributed by atoms with E-state index in [1.165, 1.54) is 6.42 Å². The summed E-state index contributed by atoms with van der Waals surface area (Å²) in [5.74, 6) is 0.956. The number of nitrogens with one attached hydrogen (secondary N) is 2. The number of H-pyrrole nitrogens is 1. The molecule has 0 radical (unpaired) electrons. The van der Waals surface area contributed by atoms with Gasteiger partial charge in [-0.1, -0.05) is 28.1 Å². The van der Waals surface area contributed by atoms with Gasteiger partial charge in [-0.3, -0.25) is 0 Å². The first kappa shape index (κ1) is 13.8. The number of rotatable bonds is 5. The molecule has 0 bridgehead atoms. The van der Waals surface area contributed by atoms with Crippen LogP contribution in [0.4, 0.5) is 0 Å². The molecule has 1 fully saturated rings. The summed E-state index contributed by atoms with van der Waals surface area (Å²) in [6.45, 7) is 2.54. The van der Waals surface area contributed by atoms with Crippen molar-refractivity contribution in [1.82, 2.24) is 15.3 Å². The summed E-state index contributed by atoms with van der Waals surface area (Å²) in [6, 6.07) is 8.19. The molecular formula is C15H18BrN3O. The predicted molar refractivity (Wildman–Crippen MR) is 82.4 cm³/mol. The smallest absolute Gasteiger partial charge is 0.120 e. The molecule has 20 heavy (non-hydrogen) atoms. The topological polar surface area (TPSA) is 49.9 Å². The van der Waals surface area contributed by atoms with E-state index in [1.807, 2.05) is 18.3 Å². The van der Waals surface area contributed by atoms with Crippen LogP contribution in [0.5, 0.6) is 0 Å². The van der Waals surface area contributed by atoms with Crippen LogP contribution in [0, 0.1) is 0 Å². The van der Waals surface area contributed by atoms with Crippen molar-refractivity contribution in [3.05, 3.63) is 40.8 Å². The van der Waals surface area contributed by atoms with Gasteiger partial charge in [0, 0.05) is 23.2 Å². The largest absolute Gasteiger partial charge is 0.377 e.